The van der Waals surface area contributed by atoms with Crippen molar-refractivity contribution in [3.05, 3.63) is 42.7 Å². The summed E-state index contributed by atoms with van der Waals surface area (Å²) in [6.45, 7) is 2.86. The smallest absolute Gasteiger partial charge is 0.247 e. The summed E-state index contributed by atoms with van der Waals surface area (Å²) in [6.07, 6.45) is 3.07. The van der Waals surface area contributed by atoms with Crippen LogP contribution in [0, 0.1) is 0 Å². The number of hydrogen-bond donors (Lipinski definition) is 0. The highest BCUT2D eigenvalue weighted by molar-refractivity contribution is 5.62. The van der Waals surface area contributed by atoms with Crippen LogP contribution >= 0.6 is 0 Å². The van der Waals surface area contributed by atoms with E-state index in [-0.39, 0.29) is 0 Å². The Kier molecular flexibility index (Phi) is 3.56. The third-order valence-corrected chi connectivity index (χ3v) is 2.75. The molecule has 0 amide bonds. The van der Waals surface area contributed by atoms with Gasteiger partial charge in [-0.1, -0.05) is 12.1 Å². The van der Waals surface area contributed by atoms with Crippen LogP contribution < -0.4 is 0 Å². The normalized spacial score (nSPS) is 10.8. The topological polar surface area (TPSA) is 74.2 Å². The van der Waals surface area contributed by atoms with E-state index in [4.69, 9.17) is 13.6 Å². The summed E-state index contributed by atoms with van der Waals surface area (Å²) in [5.41, 5.74) is 1.80. The molecule has 1 aromatic carbocycles. The van der Waals surface area contributed by atoms with Crippen LogP contribution in [0.4, 0.5) is 0 Å². The highest BCUT2D eigenvalue weighted by Crippen LogP contribution is 2.23. The second-order valence-corrected chi connectivity index (χ2v) is 4.08. The maximum atomic E-state index is 5.52. The molecule has 0 aliphatic carbocycles. The molecule has 0 unspecified atom stereocenters. The van der Waals surface area contributed by atoms with Gasteiger partial charge >= 0.3 is 0 Å². The summed E-state index contributed by atoms with van der Waals surface area (Å²) in [5, 5.41) is 7.93. The second-order valence-electron chi connectivity index (χ2n) is 4.08. The zero-order chi connectivity index (χ0) is 13.8. The third kappa shape index (κ3) is 2.60. The average Bonchev–Trinajstić information content (AvgIpc) is 3.17. The lowest BCUT2D eigenvalue weighted by Gasteiger charge is -1.98. The number of rotatable bonds is 5. The van der Waals surface area contributed by atoms with Crippen LogP contribution in [0.15, 0.2) is 45.7 Å². The van der Waals surface area contributed by atoms with Crippen LogP contribution in [0.1, 0.15) is 12.8 Å². The molecule has 0 atom stereocenters. The summed E-state index contributed by atoms with van der Waals surface area (Å²) >= 11 is 0. The van der Waals surface area contributed by atoms with E-state index < -0.39 is 0 Å². The van der Waals surface area contributed by atoms with Gasteiger partial charge in [0, 0.05) is 17.7 Å². The molecule has 0 spiro atoms. The van der Waals surface area contributed by atoms with Gasteiger partial charge in [0.15, 0.2) is 12.2 Å². The minimum atomic E-state index is 0.333. The van der Waals surface area contributed by atoms with Gasteiger partial charge in [-0.2, -0.15) is 0 Å². The zero-order valence-corrected chi connectivity index (χ0v) is 10.9. The van der Waals surface area contributed by atoms with E-state index in [1.54, 1.807) is 6.20 Å². The van der Waals surface area contributed by atoms with E-state index in [9.17, 15) is 0 Å². The molecule has 0 aliphatic heterocycles. The summed E-state index contributed by atoms with van der Waals surface area (Å²) in [6, 6.07) is 7.64. The highest BCUT2D eigenvalue weighted by Gasteiger charge is 2.09. The maximum absolute atomic E-state index is 5.52. The molecule has 0 fully saturated rings. The van der Waals surface area contributed by atoms with Gasteiger partial charge in [0.2, 0.25) is 11.8 Å². The lowest BCUT2D eigenvalue weighted by molar-refractivity contribution is 0.115. The van der Waals surface area contributed by atoms with Crippen LogP contribution in [0.5, 0.6) is 0 Å². The highest BCUT2D eigenvalue weighted by atomic mass is 16.5. The Bertz CT molecular complexity index is 659. The third-order valence-electron chi connectivity index (χ3n) is 2.75. The Hall–Kier alpha value is -2.47. The van der Waals surface area contributed by atoms with Crippen LogP contribution in [0.2, 0.25) is 0 Å². The molecule has 0 saturated carbocycles. The molecule has 102 valence electrons. The molecule has 6 nitrogen and oxygen atoms in total. The largest absolute Gasteiger partial charge is 0.444 e. The van der Waals surface area contributed by atoms with Gasteiger partial charge in [-0.25, -0.2) is 4.98 Å². The van der Waals surface area contributed by atoms with Crippen molar-refractivity contribution in [3.63, 3.8) is 0 Å². The van der Waals surface area contributed by atoms with E-state index in [0.717, 1.165) is 16.9 Å². The van der Waals surface area contributed by atoms with E-state index in [2.05, 4.69) is 15.2 Å². The van der Waals surface area contributed by atoms with Crippen molar-refractivity contribution in [1.29, 1.82) is 0 Å². The van der Waals surface area contributed by atoms with Crippen molar-refractivity contribution in [2.75, 3.05) is 6.61 Å². The molecule has 6 heteroatoms. The zero-order valence-electron chi connectivity index (χ0n) is 10.9. The first kappa shape index (κ1) is 12.6. The first-order valence-corrected chi connectivity index (χ1v) is 6.26. The standard InChI is InChI=1S/C14H13N3O3/c1-2-18-8-13-16-17-14(20-13)11-5-3-10(4-6-11)12-7-15-9-19-12/h3-7,9H,2,8H2,1H3. The quantitative estimate of drug-likeness (QED) is 0.710. The van der Waals surface area contributed by atoms with E-state index >= 15 is 0 Å². The fourth-order valence-corrected chi connectivity index (χ4v) is 1.75. The lowest BCUT2D eigenvalue weighted by Crippen LogP contribution is -1.91. The predicted molar refractivity (Wildman–Crippen MR) is 70.6 cm³/mol. The van der Waals surface area contributed by atoms with Gasteiger partial charge in [0.05, 0.1) is 6.20 Å². The van der Waals surface area contributed by atoms with Crippen molar-refractivity contribution < 1.29 is 13.6 Å². The molecule has 2 heterocycles. The lowest BCUT2D eigenvalue weighted by atomic mass is 10.1. The first-order valence-electron chi connectivity index (χ1n) is 6.26. The molecule has 0 bridgehead atoms. The predicted octanol–water partition coefficient (Wildman–Crippen LogP) is 2.93. The number of oxazole rings is 1. The summed E-state index contributed by atoms with van der Waals surface area (Å²) in [5.74, 6) is 1.67. The number of nitrogens with zero attached hydrogens (tertiary/aromatic N) is 3. The number of aromatic nitrogens is 3. The Morgan fingerprint density at radius 3 is 2.60 bits per heavy atom. The second kappa shape index (κ2) is 5.66. The van der Waals surface area contributed by atoms with Crippen LogP contribution in [0.25, 0.3) is 22.8 Å². The van der Waals surface area contributed by atoms with Crippen LogP contribution in [-0.4, -0.2) is 21.8 Å². The Labute approximate surface area is 115 Å². The minimum absolute atomic E-state index is 0.333. The van der Waals surface area contributed by atoms with Crippen LogP contribution in [-0.2, 0) is 11.3 Å². The molecule has 20 heavy (non-hydrogen) atoms. The minimum Gasteiger partial charge on any atom is -0.444 e. The maximum Gasteiger partial charge on any atom is 0.247 e. The van der Waals surface area contributed by atoms with Crippen molar-refractivity contribution in [2.24, 2.45) is 0 Å². The Balaban J connectivity index is 1.79. The molecule has 2 aromatic heterocycles. The molecular weight excluding hydrogens is 258 g/mol. The number of hydrogen-bond acceptors (Lipinski definition) is 6. The molecule has 0 aliphatic rings. The van der Waals surface area contributed by atoms with Gasteiger partial charge in [0.1, 0.15) is 6.61 Å². The van der Waals surface area contributed by atoms with Crippen LogP contribution in [0.3, 0.4) is 0 Å². The molecular formula is C14H13N3O3. The summed E-state index contributed by atoms with van der Waals surface area (Å²) in [4.78, 5) is 3.89. The fraction of sp³-hybridized carbons (Fsp3) is 0.214. The summed E-state index contributed by atoms with van der Waals surface area (Å²) < 4.78 is 16.0. The monoisotopic (exact) mass is 271 g/mol. The SMILES string of the molecule is CCOCc1nnc(-c2ccc(-c3cnco3)cc2)o1. The van der Waals surface area contributed by atoms with Gasteiger partial charge in [-0.3, -0.25) is 0 Å². The first-order chi connectivity index (χ1) is 9.86. The molecule has 3 aromatic rings. The molecule has 0 radical (unpaired) electrons. The van der Waals surface area contributed by atoms with Crippen molar-refractivity contribution in [2.45, 2.75) is 13.5 Å². The van der Waals surface area contributed by atoms with E-state index in [1.807, 2.05) is 31.2 Å². The van der Waals surface area contributed by atoms with Crippen molar-refractivity contribution >= 4 is 0 Å². The van der Waals surface area contributed by atoms with E-state index in [0.29, 0.717) is 25.0 Å². The van der Waals surface area contributed by atoms with E-state index in [1.165, 1.54) is 6.39 Å². The van der Waals surface area contributed by atoms with Gasteiger partial charge in [-0.05, 0) is 19.1 Å². The molecule has 0 saturated heterocycles. The molecule has 3 rings (SSSR count). The fourth-order valence-electron chi connectivity index (χ4n) is 1.75. The van der Waals surface area contributed by atoms with Crippen molar-refractivity contribution in [3.8, 4) is 22.8 Å². The Morgan fingerprint density at radius 1 is 1.10 bits per heavy atom. The molecule has 0 N–H and O–H groups in total. The number of ether oxygens (including phenoxy) is 1. The van der Waals surface area contributed by atoms with Gasteiger partial charge in [-0.15, -0.1) is 10.2 Å². The Morgan fingerprint density at radius 2 is 1.90 bits per heavy atom. The van der Waals surface area contributed by atoms with Gasteiger partial charge < -0.3 is 13.6 Å². The number of benzene rings is 1. The van der Waals surface area contributed by atoms with Gasteiger partial charge in [0.25, 0.3) is 0 Å². The average molecular weight is 271 g/mol. The van der Waals surface area contributed by atoms with Crippen molar-refractivity contribution in [1.82, 2.24) is 15.2 Å². The summed E-state index contributed by atoms with van der Waals surface area (Å²) in [7, 11) is 0.